The summed E-state index contributed by atoms with van der Waals surface area (Å²) < 4.78 is 13.4. The van der Waals surface area contributed by atoms with Crippen LogP contribution >= 0.6 is 11.3 Å². The summed E-state index contributed by atoms with van der Waals surface area (Å²) in [5, 5.41) is 14.0. The summed E-state index contributed by atoms with van der Waals surface area (Å²) in [5.74, 6) is -0.0289. The second-order valence-corrected chi connectivity index (χ2v) is 11.6. The highest BCUT2D eigenvalue weighted by molar-refractivity contribution is 7.07. The molecule has 226 valence electrons. The quantitative estimate of drug-likeness (QED) is 0.124. The zero-order valence-corrected chi connectivity index (χ0v) is 25.7. The number of carbonyl (C=O) groups is 1. The predicted octanol–water partition coefficient (Wildman–Crippen LogP) is 5.75. The number of para-hydroxylation sites is 1. The smallest absolute Gasteiger partial charge is 0.338 e. The molecule has 0 N–H and O–H groups in total. The van der Waals surface area contributed by atoms with E-state index in [0.29, 0.717) is 44.1 Å². The molecule has 6 rings (SSSR count). The number of hydrogen-bond acceptors (Lipinski definition) is 8. The van der Waals surface area contributed by atoms with Gasteiger partial charge in [0.25, 0.3) is 11.2 Å². The number of esters is 1. The second-order valence-electron chi connectivity index (χ2n) is 10.6. The molecule has 0 spiro atoms. The highest BCUT2D eigenvalue weighted by Crippen LogP contribution is 2.33. The lowest BCUT2D eigenvalue weighted by Crippen LogP contribution is -2.40. The Morgan fingerprint density at radius 2 is 1.80 bits per heavy atom. The maximum Gasteiger partial charge on any atom is 0.338 e. The molecular weight excluding hydrogens is 590 g/mol. The maximum absolute atomic E-state index is 14.1. The average Bonchev–Trinajstić information content (AvgIpc) is 3.33. The fourth-order valence-corrected chi connectivity index (χ4v) is 6.58. The number of thiazole rings is 1. The topological polar surface area (TPSA) is 113 Å². The summed E-state index contributed by atoms with van der Waals surface area (Å²) in [6.07, 6.45) is 1.75. The number of fused-ring (bicyclic) bond motifs is 2. The molecule has 0 aliphatic carbocycles. The number of allylic oxidation sites excluding steroid dienone is 1. The molecule has 0 radical (unpaired) electrons. The zero-order valence-electron chi connectivity index (χ0n) is 24.9. The van der Waals surface area contributed by atoms with Gasteiger partial charge in [0.2, 0.25) is 0 Å². The van der Waals surface area contributed by atoms with Crippen LogP contribution in [0.3, 0.4) is 0 Å². The molecule has 0 unspecified atom stereocenters. The van der Waals surface area contributed by atoms with Crippen molar-refractivity contribution in [3.63, 3.8) is 0 Å². The van der Waals surface area contributed by atoms with E-state index < -0.39 is 16.9 Å². The number of ether oxygens (including phenoxy) is 2. The van der Waals surface area contributed by atoms with Gasteiger partial charge in [-0.25, -0.2) is 9.79 Å². The first kappa shape index (κ1) is 29.7. The van der Waals surface area contributed by atoms with Crippen molar-refractivity contribution >= 4 is 39.8 Å². The Hall–Kier alpha value is -5.35. The summed E-state index contributed by atoms with van der Waals surface area (Å²) in [6.45, 7) is 5.46. The fourth-order valence-electron chi connectivity index (χ4n) is 5.55. The van der Waals surface area contributed by atoms with Gasteiger partial charge < -0.3 is 9.47 Å². The highest BCUT2D eigenvalue weighted by Gasteiger charge is 2.34. The molecule has 0 saturated heterocycles. The van der Waals surface area contributed by atoms with Crippen molar-refractivity contribution in [2.24, 2.45) is 4.99 Å². The third-order valence-corrected chi connectivity index (χ3v) is 8.71. The average molecular weight is 620 g/mol. The molecule has 4 aromatic carbocycles. The zero-order chi connectivity index (χ0) is 31.7. The van der Waals surface area contributed by atoms with Gasteiger partial charge in [-0.3, -0.25) is 19.5 Å². The molecule has 0 fully saturated rings. The number of carbonyl (C=O) groups excluding carboxylic acids is 1. The first-order valence-electron chi connectivity index (χ1n) is 14.4. The number of hydrogen-bond donors (Lipinski definition) is 0. The van der Waals surface area contributed by atoms with Crippen LogP contribution in [0.5, 0.6) is 5.75 Å². The number of benzene rings is 4. The van der Waals surface area contributed by atoms with Gasteiger partial charge in [0.1, 0.15) is 12.4 Å². The van der Waals surface area contributed by atoms with Crippen molar-refractivity contribution in [3.8, 4) is 5.75 Å². The molecule has 1 atom stereocenters. The molecule has 1 aromatic heterocycles. The van der Waals surface area contributed by atoms with E-state index in [1.54, 1.807) is 39.0 Å². The number of nitrogens with zero attached hydrogens (tertiary/aromatic N) is 3. The van der Waals surface area contributed by atoms with E-state index in [1.807, 2.05) is 48.5 Å². The Labute approximate surface area is 262 Å². The third-order valence-electron chi connectivity index (χ3n) is 7.73. The van der Waals surface area contributed by atoms with E-state index in [9.17, 15) is 19.7 Å². The lowest BCUT2D eigenvalue weighted by atomic mass is 9.94. The van der Waals surface area contributed by atoms with Crippen LogP contribution in [0.4, 0.5) is 5.69 Å². The Kier molecular flexibility index (Phi) is 8.14. The summed E-state index contributed by atoms with van der Waals surface area (Å²) in [7, 11) is 0. The monoisotopic (exact) mass is 619 g/mol. The lowest BCUT2D eigenvalue weighted by Gasteiger charge is -2.24. The van der Waals surface area contributed by atoms with Gasteiger partial charge >= 0.3 is 5.97 Å². The van der Waals surface area contributed by atoms with Crippen LogP contribution in [0.25, 0.3) is 16.8 Å². The molecule has 0 amide bonds. The first-order valence-corrected chi connectivity index (χ1v) is 15.2. The molecule has 5 aromatic rings. The van der Waals surface area contributed by atoms with Crippen LogP contribution in [0.2, 0.25) is 0 Å². The van der Waals surface area contributed by atoms with E-state index in [1.165, 1.54) is 22.0 Å². The van der Waals surface area contributed by atoms with Crippen LogP contribution in [0.15, 0.2) is 106 Å². The van der Waals surface area contributed by atoms with Crippen molar-refractivity contribution < 1.29 is 19.2 Å². The largest absolute Gasteiger partial charge is 0.488 e. The number of aryl methyl sites for hydroxylation is 1. The number of nitro groups is 1. The van der Waals surface area contributed by atoms with Gasteiger partial charge in [0.05, 0.1) is 33.4 Å². The minimum absolute atomic E-state index is 0.107. The Balaban J connectivity index is 1.45. The fraction of sp³-hybridized carbons (Fsp3) is 0.171. The Bertz CT molecular complexity index is 2190. The van der Waals surface area contributed by atoms with Crippen LogP contribution in [-0.4, -0.2) is 22.1 Å². The van der Waals surface area contributed by atoms with E-state index in [2.05, 4.69) is 23.2 Å². The van der Waals surface area contributed by atoms with Crippen molar-refractivity contribution in [2.45, 2.75) is 33.4 Å². The third kappa shape index (κ3) is 5.67. The molecule has 0 bridgehead atoms. The molecule has 1 aliphatic heterocycles. The van der Waals surface area contributed by atoms with Crippen molar-refractivity contribution in [2.75, 3.05) is 6.61 Å². The van der Waals surface area contributed by atoms with E-state index in [-0.39, 0.29) is 23.4 Å². The van der Waals surface area contributed by atoms with Crippen LogP contribution in [-0.2, 0) is 16.1 Å². The summed E-state index contributed by atoms with van der Waals surface area (Å²) in [5.41, 5.74) is 2.67. The van der Waals surface area contributed by atoms with Gasteiger partial charge in [-0.2, -0.15) is 0 Å². The van der Waals surface area contributed by atoms with Gasteiger partial charge in [0, 0.05) is 17.2 Å². The number of aromatic nitrogens is 1. The summed E-state index contributed by atoms with van der Waals surface area (Å²) in [6, 6.07) is 25.4. The van der Waals surface area contributed by atoms with Gasteiger partial charge in [-0.05, 0) is 54.8 Å². The van der Waals surface area contributed by atoms with E-state index >= 15 is 0 Å². The standard InChI is InChI=1S/C35H29N3O6S/c1-4-43-34(40)31-22(3)36-35-37(32(31)25-17-16-21(2)28(18-25)38(41)42)33(39)30(45-35)19-24-11-6-8-15-29(24)44-20-26-13-9-12-23-10-5-7-14-27(23)26/h5-19,32H,4,20H2,1-3H3/b30-19+/t32-/m0/s1. The second kappa shape index (κ2) is 12.3. The predicted molar refractivity (Wildman–Crippen MR) is 173 cm³/mol. The van der Waals surface area contributed by atoms with Gasteiger partial charge in [-0.15, -0.1) is 0 Å². The molecule has 2 heterocycles. The molecular formula is C35H29N3O6S. The van der Waals surface area contributed by atoms with Crippen molar-refractivity contribution in [3.05, 3.63) is 148 Å². The summed E-state index contributed by atoms with van der Waals surface area (Å²) >= 11 is 1.18. The SMILES string of the molecule is CCOC(=O)C1=C(C)N=c2s/c(=C/c3ccccc3OCc3cccc4ccccc34)c(=O)n2[C@H]1c1ccc(C)c([N+](=O)[O-])c1. The van der Waals surface area contributed by atoms with Crippen molar-refractivity contribution in [1.82, 2.24) is 4.57 Å². The lowest BCUT2D eigenvalue weighted by molar-refractivity contribution is -0.385. The molecule has 45 heavy (non-hydrogen) atoms. The normalized spacial score (nSPS) is 14.6. The maximum atomic E-state index is 14.1. The minimum atomic E-state index is -0.959. The number of rotatable bonds is 8. The number of nitro benzene ring substituents is 1. The Morgan fingerprint density at radius 3 is 2.60 bits per heavy atom. The Morgan fingerprint density at radius 1 is 1.04 bits per heavy atom. The van der Waals surface area contributed by atoms with E-state index in [4.69, 9.17) is 9.47 Å². The molecule has 10 heteroatoms. The van der Waals surface area contributed by atoms with Gasteiger partial charge in [0.15, 0.2) is 4.80 Å². The highest BCUT2D eigenvalue weighted by atomic mass is 32.1. The summed E-state index contributed by atoms with van der Waals surface area (Å²) in [4.78, 5) is 43.6. The minimum Gasteiger partial charge on any atom is -0.488 e. The molecule has 9 nitrogen and oxygen atoms in total. The molecule has 1 aliphatic rings. The first-order chi connectivity index (χ1) is 21.8. The van der Waals surface area contributed by atoms with Crippen LogP contribution < -0.4 is 19.6 Å². The van der Waals surface area contributed by atoms with Crippen LogP contribution in [0.1, 0.15) is 42.1 Å². The van der Waals surface area contributed by atoms with Gasteiger partial charge in [-0.1, -0.05) is 84.1 Å². The molecule has 0 saturated carbocycles. The van der Waals surface area contributed by atoms with E-state index in [0.717, 1.165) is 16.3 Å². The van der Waals surface area contributed by atoms with Crippen molar-refractivity contribution in [1.29, 1.82) is 0 Å². The van der Waals surface area contributed by atoms with Crippen LogP contribution in [0, 0.1) is 17.0 Å².